The normalized spacial score (nSPS) is 14.1. The van der Waals surface area contributed by atoms with Crippen LogP contribution in [0.2, 0.25) is 0 Å². The number of amides is 1. The van der Waals surface area contributed by atoms with Crippen LogP contribution >= 0.6 is 0 Å². The van der Waals surface area contributed by atoms with Crippen LogP contribution in [-0.2, 0) is 0 Å². The zero-order valence-corrected chi connectivity index (χ0v) is 11.3. The lowest BCUT2D eigenvalue weighted by Gasteiger charge is -2.07. The van der Waals surface area contributed by atoms with Crippen molar-refractivity contribution < 1.29 is 9.53 Å². The molecule has 5 heteroatoms. The van der Waals surface area contributed by atoms with Gasteiger partial charge in [-0.1, -0.05) is 0 Å². The first-order valence-electron chi connectivity index (χ1n) is 6.61. The lowest BCUT2D eigenvalue weighted by atomic mass is 10.1. The number of benzene rings is 1. The molecule has 3 rings (SSSR count). The van der Waals surface area contributed by atoms with Gasteiger partial charge in [-0.05, 0) is 43.2 Å². The van der Waals surface area contributed by atoms with Crippen LogP contribution < -0.4 is 15.8 Å². The Morgan fingerprint density at radius 2 is 2.15 bits per heavy atom. The van der Waals surface area contributed by atoms with Gasteiger partial charge in [0.05, 0.1) is 7.11 Å². The molecule has 0 aliphatic heterocycles. The summed E-state index contributed by atoms with van der Waals surface area (Å²) in [5.74, 6) is 0.660. The Morgan fingerprint density at radius 1 is 1.35 bits per heavy atom. The number of H-pyrrole nitrogens is 1. The van der Waals surface area contributed by atoms with Crippen LogP contribution in [0.3, 0.4) is 0 Å². The summed E-state index contributed by atoms with van der Waals surface area (Å²) >= 11 is 0. The predicted octanol–water partition coefficient (Wildman–Crippen LogP) is 2.16. The van der Waals surface area contributed by atoms with Crippen molar-refractivity contribution in [2.75, 3.05) is 12.8 Å². The number of rotatable bonds is 4. The van der Waals surface area contributed by atoms with Gasteiger partial charge in [0, 0.05) is 23.0 Å². The fourth-order valence-electron chi connectivity index (χ4n) is 2.07. The van der Waals surface area contributed by atoms with Crippen LogP contribution in [0, 0.1) is 0 Å². The second-order valence-corrected chi connectivity index (χ2v) is 4.99. The summed E-state index contributed by atoms with van der Waals surface area (Å²) in [6, 6.07) is 9.42. The number of carbonyl (C=O) groups excluding carboxylic acids is 1. The second-order valence-electron chi connectivity index (χ2n) is 4.99. The van der Waals surface area contributed by atoms with E-state index < -0.39 is 0 Å². The first-order valence-corrected chi connectivity index (χ1v) is 6.61. The molecule has 1 aromatic carbocycles. The monoisotopic (exact) mass is 271 g/mol. The highest BCUT2D eigenvalue weighted by atomic mass is 16.5. The molecular weight excluding hydrogens is 254 g/mol. The SMILES string of the molecule is COc1ccc(N)c(-c2ccc(C(=O)NC3CC3)[nH]2)c1. The van der Waals surface area contributed by atoms with Gasteiger partial charge in [-0.3, -0.25) is 4.79 Å². The van der Waals surface area contributed by atoms with E-state index in [-0.39, 0.29) is 5.91 Å². The minimum atomic E-state index is -0.0692. The highest BCUT2D eigenvalue weighted by Gasteiger charge is 2.24. The molecular formula is C15H17N3O2. The molecule has 1 amide bonds. The van der Waals surface area contributed by atoms with Gasteiger partial charge in [-0.15, -0.1) is 0 Å². The van der Waals surface area contributed by atoms with Gasteiger partial charge in [0.25, 0.3) is 5.91 Å². The Labute approximate surface area is 117 Å². The summed E-state index contributed by atoms with van der Waals surface area (Å²) in [7, 11) is 1.61. The first kappa shape index (κ1) is 12.6. The van der Waals surface area contributed by atoms with E-state index in [1.54, 1.807) is 19.2 Å². The highest BCUT2D eigenvalue weighted by molar-refractivity contribution is 5.94. The molecule has 0 saturated heterocycles. The van der Waals surface area contributed by atoms with Crippen LogP contribution in [0.4, 0.5) is 5.69 Å². The van der Waals surface area contributed by atoms with E-state index in [1.165, 1.54) is 0 Å². The number of hydrogen-bond donors (Lipinski definition) is 3. The lowest BCUT2D eigenvalue weighted by molar-refractivity contribution is 0.0947. The van der Waals surface area contributed by atoms with Gasteiger partial charge in [0.1, 0.15) is 11.4 Å². The third-order valence-electron chi connectivity index (χ3n) is 3.39. The van der Waals surface area contributed by atoms with E-state index in [4.69, 9.17) is 10.5 Å². The summed E-state index contributed by atoms with van der Waals surface area (Å²) in [5, 5.41) is 2.95. The maximum atomic E-state index is 11.9. The summed E-state index contributed by atoms with van der Waals surface area (Å²) in [4.78, 5) is 15.1. The third kappa shape index (κ3) is 2.47. The number of aromatic amines is 1. The maximum absolute atomic E-state index is 11.9. The van der Waals surface area contributed by atoms with Gasteiger partial charge in [0.2, 0.25) is 0 Å². The van der Waals surface area contributed by atoms with Crippen molar-refractivity contribution in [1.29, 1.82) is 0 Å². The summed E-state index contributed by atoms with van der Waals surface area (Å²) in [6.45, 7) is 0. The molecule has 20 heavy (non-hydrogen) atoms. The van der Waals surface area contributed by atoms with Crippen molar-refractivity contribution in [2.45, 2.75) is 18.9 Å². The number of ether oxygens (including phenoxy) is 1. The third-order valence-corrected chi connectivity index (χ3v) is 3.39. The molecule has 1 heterocycles. The van der Waals surface area contributed by atoms with E-state index in [2.05, 4.69) is 10.3 Å². The Kier molecular flexibility index (Phi) is 3.10. The summed E-state index contributed by atoms with van der Waals surface area (Å²) < 4.78 is 5.20. The number of hydrogen-bond acceptors (Lipinski definition) is 3. The maximum Gasteiger partial charge on any atom is 0.267 e. The molecule has 0 atom stereocenters. The van der Waals surface area contributed by atoms with E-state index >= 15 is 0 Å². The first-order chi connectivity index (χ1) is 9.67. The van der Waals surface area contributed by atoms with E-state index in [1.807, 2.05) is 18.2 Å². The van der Waals surface area contributed by atoms with Gasteiger partial charge < -0.3 is 20.8 Å². The number of nitrogens with two attached hydrogens (primary N) is 1. The van der Waals surface area contributed by atoms with Crippen LogP contribution in [0.1, 0.15) is 23.3 Å². The molecule has 1 aromatic heterocycles. The number of methoxy groups -OCH3 is 1. The zero-order chi connectivity index (χ0) is 14.1. The van der Waals surface area contributed by atoms with E-state index in [0.717, 1.165) is 29.8 Å². The minimum Gasteiger partial charge on any atom is -0.497 e. The summed E-state index contributed by atoms with van der Waals surface area (Å²) in [6.07, 6.45) is 2.14. The molecule has 1 aliphatic rings. The van der Waals surface area contributed by atoms with Gasteiger partial charge in [0.15, 0.2) is 0 Å². The summed E-state index contributed by atoms with van der Waals surface area (Å²) in [5.41, 5.74) is 8.80. The molecule has 0 unspecified atom stereocenters. The van der Waals surface area contributed by atoms with Crippen molar-refractivity contribution in [3.8, 4) is 17.0 Å². The van der Waals surface area contributed by atoms with E-state index in [9.17, 15) is 4.79 Å². The molecule has 4 N–H and O–H groups in total. The molecule has 5 nitrogen and oxygen atoms in total. The Bertz CT molecular complexity index is 644. The second kappa shape index (κ2) is 4.92. The topological polar surface area (TPSA) is 80.1 Å². The molecule has 2 aromatic rings. The van der Waals surface area contributed by atoms with E-state index in [0.29, 0.717) is 17.4 Å². The Morgan fingerprint density at radius 3 is 2.85 bits per heavy atom. The number of nitrogen functional groups attached to an aromatic ring is 1. The van der Waals surface area contributed by atoms with Gasteiger partial charge in [-0.25, -0.2) is 0 Å². The quantitative estimate of drug-likeness (QED) is 0.745. The number of carbonyl (C=O) groups is 1. The van der Waals surface area contributed by atoms with Crippen molar-refractivity contribution in [3.05, 3.63) is 36.0 Å². The fourth-order valence-corrected chi connectivity index (χ4v) is 2.07. The standard InChI is InChI=1S/C15H17N3O2/c1-20-10-4-5-12(16)11(8-10)13-6-7-14(18-13)15(19)17-9-2-3-9/h4-9,18H,2-3,16H2,1H3,(H,17,19). The van der Waals surface area contributed by atoms with Crippen molar-refractivity contribution in [1.82, 2.24) is 10.3 Å². The molecule has 1 saturated carbocycles. The van der Waals surface area contributed by atoms with Crippen molar-refractivity contribution in [2.24, 2.45) is 0 Å². The fraction of sp³-hybridized carbons (Fsp3) is 0.267. The largest absolute Gasteiger partial charge is 0.497 e. The molecule has 0 bridgehead atoms. The number of nitrogens with one attached hydrogen (secondary N) is 2. The molecule has 0 radical (unpaired) electrons. The van der Waals surface area contributed by atoms with Gasteiger partial charge >= 0.3 is 0 Å². The Balaban J connectivity index is 1.87. The molecule has 1 fully saturated rings. The smallest absolute Gasteiger partial charge is 0.267 e. The minimum absolute atomic E-state index is 0.0692. The van der Waals surface area contributed by atoms with Crippen molar-refractivity contribution >= 4 is 11.6 Å². The predicted molar refractivity (Wildman–Crippen MR) is 77.7 cm³/mol. The van der Waals surface area contributed by atoms with Crippen LogP contribution in [0.5, 0.6) is 5.75 Å². The van der Waals surface area contributed by atoms with Crippen LogP contribution in [0.15, 0.2) is 30.3 Å². The average Bonchev–Trinajstić information content (AvgIpc) is 3.12. The average molecular weight is 271 g/mol. The zero-order valence-electron chi connectivity index (χ0n) is 11.3. The van der Waals surface area contributed by atoms with Crippen LogP contribution in [0.25, 0.3) is 11.3 Å². The molecule has 0 spiro atoms. The molecule has 104 valence electrons. The highest BCUT2D eigenvalue weighted by Crippen LogP contribution is 2.29. The number of aromatic nitrogens is 1. The van der Waals surface area contributed by atoms with Gasteiger partial charge in [-0.2, -0.15) is 0 Å². The Hall–Kier alpha value is -2.43. The lowest BCUT2D eigenvalue weighted by Crippen LogP contribution is -2.25. The number of anilines is 1. The van der Waals surface area contributed by atoms with Crippen molar-refractivity contribution in [3.63, 3.8) is 0 Å². The molecule has 1 aliphatic carbocycles. The van der Waals surface area contributed by atoms with Crippen LogP contribution in [-0.4, -0.2) is 24.0 Å².